The Hall–Kier alpha value is -1.40. The molecule has 1 aliphatic heterocycles. The summed E-state index contributed by atoms with van der Waals surface area (Å²) in [6.45, 7) is 1.55. The summed E-state index contributed by atoms with van der Waals surface area (Å²) in [7, 11) is 0. The zero-order valence-corrected chi connectivity index (χ0v) is 8.84. The van der Waals surface area contributed by atoms with Crippen LogP contribution in [0.2, 0.25) is 0 Å². The van der Waals surface area contributed by atoms with Gasteiger partial charge in [-0.2, -0.15) is 5.11 Å². The predicted octanol–water partition coefficient (Wildman–Crippen LogP) is 3.03. The van der Waals surface area contributed by atoms with Gasteiger partial charge < -0.3 is 0 Å². The lowest BCUT2D eigenvalue weighted by molar-refractivity contribution is 0.565. The van der Waals surface area contributed by atoms with Crippen molar-refractivity contribution >= 4 is 0 Å². The summed E-state index contributed by atoms with van der Waals surface area (Å²) in [5.41, 5.74) is 2.79. The summed E-state index contributed by atoms with van der Waals surface area (Å²) in [5, 5.41) is 21.0. The highest BCUT2D eigenvalue weighted by atomic mass is 15.6. The summed E-state index contributed by atoms with van der Waals surface area (Å²) in [5.74, 6) is 0. The van der Waals surface area contributed by atoms with Crippen LogP contribution in [0.1, 0.15) is 38.5 Å². The molecule has 0 amide bonds. The molecule has 0 radical (unpaired) electrons. The maximum atomic E-state index is 3.82. The Morgan fingerprint density at radius 3 is 2.33 bits per heavy atom. The lowest BCUT2D eigenvalue weighted by Crippen LogP contribution is -2.05. The molecule has 0 aromatic carbocycles. The topological polar surface area (TPSA) is 86.2 Å². The normalized spacial score (nSPS) is 26.7. The monoisotopic (exact) mass is 211 g/mol. The van der Waals surface area contributed by atoms with Crippen LogP contribution in [-0.4, -0.2) is 13.1 Å². The average molecular weight is 211 g/mol. The van der Waals surface area contributed by atoms with Gasteiger partial charge in [0.2, 0.25) is 0 Å². The van der Waals surface area contributed by atoms with Gasteiger partial charge >= 0.3 is 0 Å². The highest BCUT2D eigenvalue weighted by Crippen LogP contribution is 2.05. The van der Waals surface area contributed by atoms with E-state index in [1.165, 1.54) is 25.7 Å². The van der Waals surface area contributed by atoms with Crippen molar-refractivity contribution in [3.8, 4) is 0 Å². The van der Waals surface area contributed by atoms with Crippen molar-refractivity contribution < 1.29 is 0 Å². The van der Waals surface area contributed by atoms with Crippen LogP contribution in [-0.2, 0) is 0 Å². The van der Waals surface area contributed by atoms with Gasteiger partial charge in [0, 0.05) is 6.54 Å². The Kier molecular flexibility index (Phi) is 7.13. The van der Waals surface area contributed by atoms with E-state index in [-0.39, 0.29) is 0 Å². The van der Waals surface area contributed by atoms with Gasteiger partial charge in [-0.05, 0) is 33.7 Å². The van der Waals surface area contributed by atoms with Crippen LogP contribution in [0.25, 0.3) is 0 Å². The molecule has 0 saturated heterocycles. The van der Waals surface area contributed by atoms with Gasteiger partial charge in [-0.3, -0.25) is 5.43 Å². The van der Waals surface area contributed by atoms with E-state index in [0.29, 0.717) is 6.54 Å². The molecule has 1 aliphatic rings. The minimum absolute atomic E-state index is 0.717. The summed E-state index contributed by atoms with van der Waals surface area (Å²) >= 11 is 0. The van der Waals surface area contributed by atoms with Crippen LogP contribution < -0.4 is 5.43 Å². The van der Waals surface area contributed by atoms with Gasteiger partial charge in [-0.25, -0.2) is 0 Å². The molecule has 1 heterocycles. The Bertz CT molecular complexity index is 201. The molecule has 0 unspecified atom stereocenters. The van der Waals surface area contributed by atoms with Crippen LogP contribution in [0.5, 0.6) is 0 Å². The number of hydrogen-bond donors (Lipinski definition) is 1. The van der Waals surface area contributed by atoms with Gasteiger partial charge in [0.25, 0.3) is 0 Å². The molecule has 15 heavy (non-hydrogen) atoms. The van der Waals surface area contributed by atoms with E-state index in [1.54, 1.807) is 0 Å². The smallest absolute Gasteiger partial charge is 0.0621 e. The summed E-state index contributed by atoms with van der Waals surface area (Å²) in [6, 6.07) is 0. The number of nitrogens with zero attached hydrogens (tertiary/aromatic N) is 6. The van der Waals surface area contributed by atoms with Crippen LogP contribution in [0.3, 0.4) is 0 Å². The van der Waals surface area contributed by atoms with E-state index >= 15 is 0 Å². The molecular weight excluding hydrogens is 194 g/mol. The zero-order chi connectivity index (χ0) is 10.6. The van der Waals surface area contributed by atoms with Gasteiger partial charge in [0.05, 0.1) is 6.54 Å². The molecule has 0 aliphatic carbocycles. The molecule has 0 bridgehead atoms. The van der Waals surface area contributed by atoms with Crippen molar-refractivity contribution in [2.24, 2.45) is 31.2 Å². The van der Waals surface area contributed by atoms with E-state index < -0.39 is 0 Å². The van der Waals surface area contributed by atoms with Crippen LogP contribution >= 0.6 is 0 Å². The van der Waals surface area contributed by atoms with Crippen LogP contribution in [0.4, 0.5) is 0 Å². The summed E-state index contributed by atoms with van der Waals surface area (Å²) in [6.07, 6.45) is 7.15. The number of nitrogens with one attached hydrogen (secondary N) is 1. The van der Waals surface area contributed by atoms with E-state index in [1.807, 2.05) is 0 Å². The first-order chi connectivity index (χ1) is 7.50. The minimum atomic E-state index is 0.717. The Morgan fingerprint density at radius 1 is 0.667 bits per heavy atom. The maximum Gasteiger partial charge on any atom is 0.0621 e. The van der Waals surface area contributed by atoms with Crippen LogP contribution in [0.15, 0.2) is 31.2 Å². The van der Waals surface area contributed by atoms with Crippen LogP contribution in [0, 0.1) is 0 Å². The molecule has 7 nitrogen and oxygen atoms in total. The highest BCUT2D eigenvalue weighted by molar-refractivity contribution is 4.48. The molecule has 0 atom stereocenters. The van der Waals surface area contributed by atoms with Crippen molar-refractivity contribution in [2.45, 2.75) is 38.5 Å². The fraction of sp³-hybridized carbons (Fsp3) is 1.00. The Morgan fingerprint density at radius 2 is 1.40 bits per heavy atom. The Labute approximate surface area is 89.1 Å². The molecule has 7 heteroatoms. The van der Waals surface area contributed by atoms with Crippen molar-refractivity contribution in [3.05, 3.63) is 0 Å². The average Bonchev–Trinajstić information content (AvgIpc) is 2.27. The fourth-order valence-corrected chi connectivity index (χ4v) is 1.30. The van der Waals surface area contributed by atoms with E-state index in [4.69, 9.17) is 0 Å². The molecule has 0 saturated carbocycles. The SMILES string of the molecule is C1CCCCN\N=N/N=N/N=N/CCC1. The van der Waals surface area contributed by atoms with E-state index in [0.717, 1.165) is 19.4 Å². The number of hydrogen-bond acceptors (Lipinski definition) is 7. The largest absolute Gasteiger partial charge is 0.290 e. The van der Waals surface area contributed by atoms with Gasteiger partial charge in [0.1, 0.15) is 0 Å². The molecule has 1 N–H and O–H groups in total. The van der Waals surface area contributed by atoms with Gasteiger partial charge in [0.15, 0.2) is 0 Å². The van der Waals surface area contributed by atoms with E-state index in [2.05, 4.69) is 36.7 Å². The first kappa shape index (κ1) is 11.7. The lowest BCUT2D eigenvalue weighted by atomic mass is 10.1. The molecule has 0 aromatic rings. The second kappa shape index (κ2) is 9.17. The third-order valence-corrected chi connectivity index (χ3v) is 2.10. The third kappa shape index (κ3) is 7.65. The summed E-state index contributed by atoms with van der Waals surface area (Å²) in [4.78, 5) is 0. The molecular formula is C8H17N7. The van der Waals surface area contributed by atoms with Crippen molar-refractivity contribution in [3.63, 3.8) is 0 Å². The fourth-order valence-electron chi connectivity index (χ4n) is 1.30. The molecule has 0 spiro atoms. The van der Waals surface area contributed by atoms with Gasteiger partial charge in [-0.15, -0.1) is 0 Å². The first-order valence-corrected chi connectivity index (χ1v) is 5.39. The predicted molar refractivity (Wildman–Crippen MR) is 55.1 cm³/mol. The zero-order valence-electron chi connectivity index (χ0n) is 8.84. The number of rotatable bonds is 0. The van der Waals surface area contributed by atoms with Crippen molar-refractivity contribution in [2.75, 3.05) is 13.1 Å². The van der Waals surface area contributed by atoms with Crippen molar-refractivity contribution in [1.29, 1.82) is 0 Å². The lowest BCUT2D eigenvalue weighted by Gasteiger charge is -1.99. The Balaban J connectivity index is 2.25. The van der Waals surface area contributed by atoms with Crippen molar-refractivity contribution in [1.82, 2.24) is 5.43 Å². The quantitative estimate of drug-likeness (QED) is 0.655. The molecule has 0 fully saturated rings. The second-order valence-corrected chi connectivity index (χ2v) is 3.35. The van der Waals surface area contributed by atoms with Gasteiger partial charge in [-0.1, -0.05) is 30.9 Å². The van der Waals surface area contributed by atoms with E-state index in [9.17, 15) is 0 Å². The highest BCUT2D eigenvalue weighted by Gasteiger charge is 1.91. The maximum absolute atomic E-state index is 3.82. The third-order valence-electron chi connectivity index (χ3n) is 2.10. The summed E-state index contributed by atoms with van der Waals surface area (Å²) < 4.78 is 0. The second-order valence-electron chi connectivity index (χ2n) is 3.35. The molecule has 1 rings (SSSR count). The minimum Gasteiger partial charge on any atom is -0.290 e. The molecule has 0 aromatic heterocycles. The standard InChI is InChI=1S/C8H17N7/c1-2-4-6-8-10-12-14-15-13-11-9-7-5-3-1/h1-8H2,(H,9,10,13,14). The molecule has 84 valence electrons. The first-order valence-electron chi connectivity index (χ1n) is 5.39.